The summed E-state index contributed by atoms with van der Waals surface area (Å²) in [6.45, 7) is 0. The van der Waals surface area contributed by atoms with E-state index in [9.17, 15) is 9.18 Å². The molecule has 1 atom stereocenters. The van der Waals surface area contributed by atoms with Gasteiger partial charge >= 0.3 is 0 Å². The van der Waals surface area contributed by atoms with Gasteiger partial charge in [0.15, 0.2) is 5.16 Å². The van der Waals surface area contributed by atoms with Crippen molar-refractivity contribution < 1.29 is 9.18 Å². The van der Waals surface area contributed by atoms with Crippen molar-refractivity contribution in [1.29, 1.82) is 0 Å². The molecule has 2 aromatic carbocycles. The Morgan fingerprint density at radius 3 is 2.59 bits per heavy atom. The van der Waals surface area contributed by atoms with E-state index in [-0.39, 0.29) is 11.8 Å². The second kappa shape index (κ2) is 10.6. The highest BCUT2D eigenvalue weighted by molar-refractivity contribution is 7.98. The standard InChI is InChI=1S/C27H25FN4OS/c1-32(2)26(33)20-10-6-9-18(16-20)21-11-5-4-8-19(21)17-23(22-12-7-14-29-25(22)28)24-13-15-30-27(31-24)34-3/h4-16,23H,17H2,1-3H3. The quantitative estimate of drug-likeness (QED) is 0.203. The van der Waals surface area contributed by atoms with Crippen molar-refractivity contribution >= 4 is 17.7 Å². The van der Waals surface area contributed by atoms with E-state index in [0.717, 1.165) is 22.4 Å². The number of hydrogen-bond acceptors (Lipinski definition) is 5. The maximum absolute atomic E-state index is 14.8. The van der Waals surface area contributed by atoms with Crippen molar-refractivity contribution in [1.82, 2.24) is 19.9 Å². The second-order valence-corrected chi connectivity index (χ2v) is 8.82. The number of carbonyl (C=O) groups excluding carboxylic acids is 1. The van der Waals surface area contributed by atoms with E-state index in [0.29, 0.717) is 22.7 Å². The maximum atomic E-state index is 14.8. The van der Waals surface area contributed by atoms with Crippen LogP contribution in [0.1, 0.15) is 33.1 Å². The molecule has 2 heterocycles. The molecular formula is C27H25FN4OS. The summed E-state index contributed by atoms with van der Waals surface area (Å²) in [5.41, 5.74) is 4.78. The van der Waals surface area contributed by atoms with Crippen LogP contribution in [-0.2, 0) is 6.42 Å². The number of rotatable bonds is 7. The average molecular weight is 473 g/mol. The summed E-state index contributed by atoms with van der Waals surface area (Å²) >= 11 is 1.45. The molecule has 1 amide bonds. The first-order chi connectivity index (χ1) is 16.5. The zero-order chi connectivity index (χ0) is 24.1. The van der Waals surface area contributed by atoms with Crippen molar-refractivity contribution in [3.63, 3.8) is 0 Å². The molecule has 0 saturated heterocycles. The molecule has 0 aliphatic carbocycles. The number of benzene rings is 2. The van der Waals surface area contributed by atoms with E-state index in [1.807, 2.05) is 60.9 Å². The third kappa shape index (κ3) is 5.15. The van der Waals surface area contributed by atoms with E-state index in [2.05, 4.69) is 15.0 Å². The number of thioether (sulfide) groups is 1. The number of nitrogens with zero attached hydrogens (tertiary/aromatic N) is 4. The number of carbonyl (C=O) groups is 1. The van der Waals surface area contributed by atoms with Crippen LogP contribution in [-0.4, -0.2) is 46.1 Å². The highest BCUT2D eigenvalue weighted by atomic mass is 32.2. The van der Waals surface area contributed by atoms with E-state index >= 15 is 0 Å². The Balaban J connectivity index is 1.79. The van der Waals surface area contributed by atoms with E-state index in [4.69, 9.17) is 0 Å². The molecule has 34 heavy (non-hydrogen) atoms. The summed E-state index contributed by atoms with van der Waals surface area (Å²) < 4.78 is 14.8. The average Bonchev–Trinajstić information content (AvgIpc) is 2.87. The first-order valence-corrected chi connectivity index (χ1v) is 12.1. The maximum Gasteiger partial charge on any atom is 0.253 e. The van der Waals surface area contributed by atoms with Crippen LogP contribution in [0.15, 0.2) is 84.3 Å². The lowest BCUT2D eigenvalue weighted by Gasteiger charge is -2.20. The number of hydrogen-bond donors (Lipinski definition) is 0. The minimum absolute atomic E-state index is 0.0554. The zero-order valence-electron chi connectivity index (χ0n) is 19.3. The first kappa shape index (κ1) is 23.6. The number of halogens is 1. The van der Waals surface area contributed by atoms with Gasteiger partial charge in [-0.15, -0.1) is 0 Å². The van der Waals surface area contributed by atoms with Gasteiger partial charge in [0.25, 0.3) is 5.91 Å². The molecule has 0 aliphatic heterocycles. The molecule has 1 unspecified atom stereocenters. The van der Waals surface area contributed by atoms with Gasteiger partial charge < -0.3 is 4.90 Å². The first-order valence-electron chi connectivity index (χ1n) is 10.8. The van der Waals surface area contributed by atoms with Crippen molar-refractivity contribution in [3.8, 4) is 11.1 Å². The van der Waals surface area contributed by atoms with Gasteiger partial charge in [-0.25, -0.2) is 15.0 Å². The van der Waals surface area contributed by atoms with Crippen LogP contribution in [0.4, 0.5) is 4.39 Å². The molecule has 0 saturated carbocycles. The SMILES string of the molecule is CSc1nccc(C(Cc2ccccc2-c2cccc(C(=O)N(C)C)c2)c2cccnc2F)n1. The summed E-state index contributed by atoms with van der Waals surface area (Å²) in [7, 11) is 3.47. The van der Waals surface area contributed by atoms with Crippen molar-refractivity contribution in [2.75, 3.05) is 20.4 Å². The van der Waals surface area contributed by atoms with Crippen LogP contribution < -0.4 is 0 Å². The summed E-state index contributed by atoms with van der Waals surface area (Å²) in [6.07, 6.45) is 5.58. The fourth-order valence-corrected chi connectivity index (χ4v) is 4.32. The molecular weight excluding hydrogens is 447 g/mol. The summed E-state index contributed by atoms with van der Waals surface area (Å²) in [5.74, 6) is -0.913. The van der Waals surface area contributed by atoms with E-state index in [1.54, 1.807) is 37.3 Å². The number of pyridine rings is 1. The Hall–Kier alpha value is -3.58. The highest BCUT2D eigenvalue weighted by Gasteiger charge is 2.23. The lowest BCUT2D eigenvalue weighted by molar-refractivity contribution is 0.0827. The van der Waals surface area contributed by atoms with Gasteiger partial charge in [-0.3, -0.25) is 4.79 Å². The zero-order valence-corrected chi connectivity index (χ0v) is 20.1. The van der Waals surface area contributed by atoms with E-state index in [1.165, 1.54) is 18.0 Å². The van der Waals surface area contributed by atoms with Gasteiger partial charge in [-0.1, -0.05) is 54.2 Å². The lowest BCUT2D eigenvalue weighted by Crippen LogP contribution is -2.21. The van der Waals surface area contributed by atoms with Crippen molar-refractivity contribution in [3.05, 3.63) is 107 Å². The third-order valence-electron chi connectivity index (χ3n) is 5.63. The van der Waals surface area contributed by atoms with Gasteiger partial charge in [-0.05, 0) is 53.6 Å². The topological polar surface area (TPSA) is 59.0 Å². The lowest BCUT2D eigenvalue weighted by atomic mass is 9.86. The number of amides is 1. The fraction of sp³-hybridized carbons (Fsp3) is 0.185. The molecule has 5 nitrogen and oxygen atoms in total. The molecule has 0 radical (unpaired) electrons. The van der Waals surface area contributed by atoms with Crippen LogP contribution >= 0.6 is 11.8 Å². The molecule has 0 N–H and O–H groups in total. The molecule has 0 aliphatic rings. The Kier molecular flexibility index (Phi) is 7.33. The molecule has 7 heteroatoms. The molecule has 0 spiro atoms. The Morgan fingerprint density at radius 2 is 1.82 bits per heavy atom. The fourth-order valence-electron chi connectivity index (χ4n) is 3.96. The van der Waals surface area contributed by atoms with Gasteiger partial charge in [0.2, 0.25) is 5.95 Å². The Morgan fingerprint density at radius 1 is 1.00 bits per heavy atom. The van der Waals surface area contributed by atoms with Crippen molar-refractivity contribution in [2.24, 2.45) is 0 Å². The molecule has 4 rings (SSSR count). The smallest absolute Gasteiger partial charge is 0.253 e. The molecule has 0 bridgehead atoms. The molecule has 4 aromatic rings. The number of aromatic nitrogens is 3. The summed E-state index contributed by atoms with van der Waals surface area (Å²) in [4.78, 5) is 26.9. The third-order valence-corrected chi connectivity index (χ3v) is 6.19. The van der Waals surface area contributed by atoms with E-state index < -0.39 is 5.95 Å². The minimum atomic E-state index is -0.507. The Bertz CT molecular complexity index is 1310. The van der Waals surface area contributed by atoms with Crippen LogP contribution in [0.5, 0.6) is 0 Å². The van der Waals surface area contributed by atoms with Gasteiger partial charge in [0, 0.05) is 43.5 Å². The van der Waals surface area contributed by atoms with Gasteiger partial charge in [-0.2, -0.15) is 4.39 Å². The normalized spacial score (nSPS) is 11.8. The molecule has 2 aromatic heterocycles. The van der Waals surface area contributed by atoms with Gasteiger partial charge in [0.05, 0.1) is 5.69 Å². The molecule has 172 valence electrons. The predicted molar refractivity (Wildman–Crippen MR) is 133 cm³/mol. The summed E-state index contributed by atoms with van der Waals surface area (Å²) in [6, 6.07) is 20.9. The minimum Gasteiger partial charge on any atom is -0.345 e. The van der Waals surface area contributed by atoms with Crippen molar-refractivity contribution in [2.45, 2.75) is 17.5 Å². The van der Waals surface area contributed by atoms with Gasteiger partial charge in [0.1, 0.15) is 0 Å². The predicted octanol–water partition coefficient (Wildman–Crippen LogP) is 5.48. The second-order valence-electron chi connectivity index (χ2n) is 8.05. The largest absolute Gasteiger partial charge is 0.345 e. The Labute approximate surface area is 203 Å². The summed E-state index contributed by atoms with van der Waals surface area (Å²) in [5, 5.41) is 0.634. The highest BCUT2D eigenvalue weighted by Crippen LogP contribution is 2.33. The molecule has 0 fully saturated rings. The van der Waals surface area contributed by atoms with Crippen LogP contribution in [0, 0.1) is 5.95 Å². The van der Waals surface area contributed by atoms with Crippen LogP contribution in [0.3, 0.4) is 0 Å². The monoisotopic (exact) mass is 472 g/mol. The van der Waals surface area contributed by atoms with Crippen LogP contribution in [0.25, 0.3) is 11.1 Å². The van der Waals surface area contributed by atoms with Crippen LogP contribution in [0.2, 0.25) is 0 Å².